The van der Waals surface area contributed by atoms with E-state index in [9.17, 15) is 13.2 Å². The van der Waals surface area contributed by atoms with Crippen molar-refractivity contribution in [1.82, 2.24) is 0 Å². The highest BCUT2D eigenvalue weighted by Gasteiger charge is 2.21. The molecule has 1 N–H and O–H groups in total. The third kappa shape index (κ3) is 5.21. The number of hydrogen-bond donors (Lipinski definition) is 1. The number of hydrogen-bond acceptors (Lipinski definition) is 5. The number of amides is 1. The molecule has 2 aromatic rings. The Kier molecular flexibility index (Phi) is 6.22. The van der Waals surface area contributed by atoms with Crippen LogP contribution < -0.4 is 19.1 Å². The predicted octanol–water partition coefficient (Wildman–Crippen LogP) is 3.91. The number of nitrogens with one attached hydrogen (secondary N) is 1. The molecule has 3 rings (SSSR count). The van der Waals surface area contributed by atoms with Gasteiger partial charge in [0.1, 0.15) is 0 Å². The van der Waals surface area contributed by atoms with Crippen LogP contribution in [0.15, 0.2) is 36.4 Å². The zero-order valence-corrected chi connectivity index (χ0v) is 17.3. The third-order valence-electron chi connectivity index (χ3n) is 3.96. The van der Waals surface area contributed by atoms with Crippen LogP contribution >= 0.6 is 23.2 Å². The largest absolute Gasteiger partial charge is 0.454 e. The highest BCUT2D eigenvalue weighted by Crippen LogP contribution is 2.36. The fourth-order valence-corrected chi connectivity index (χ4v) is 4.24. The molecule has 2 aromatic carbocycles. The summed E-state index contributed by atoms with van der Waals surface area (Å²) in [6, 6.07) is 9.64. The Morgan fingerprint density at radius 3 is 2.46 bits per heavy atom. The Bertz CT molecular complexity index is 977. The summed E-state index contributed by atoms with van der Waals surface area (Å²) in [4.78, 5) is 12.2. The molecule has 0 saturated carbocycles. The Balaban J connectivity index is 1.62. The maximum Gasteiger partial charge on any atom is 0.232 e. The van der Waals surface area contributed by atoms with Crippen LogP contribution in [0.3, 0.4) is 0 Å². The minimum atomic E-state index is -3.53. The molecule has 0 unspecified atom stereocenters. The first-order valence-electron chi connectivity index (χ1n) is 8.36. The second-order valence-corrected chi connectivity index (χ2v) is 8.96. The molecule has 0 atom stereocenters. The lowest BCUT2D eigenvalue weighted by Gasteiger charge is -2.22. The van der Waals surface area contributed by atoms with E-state index in [1.807, 2.05) is 0 Å². The summed E-state index contributed by atoms with van der Waals surface area (Å²) in [5.74, 6) is 0.788. The molecule has 10 heteroatoms. The quantitative estimate of drug-likeness (QED) is 0.699. The van der Waals surface area contributed by atoms with Gasteiger partial charge in [0.05, 0.1) is 11.9 Å². The number of benzene rings is 2. The lowest BCUT2D eigenvalue weighted by atomic mass is 10.2. The lowest BCUT2D eigenvalue weighted by molar-refractivity contribution is -0.116. The highest BCUT2D eigenvalue weighted by atomic mass is 35.5. The molecule has 7 nitrogen and oxygen atoms in total. The van der Waals surface area contributed by atoms with E-state index in [-0.39, 0.29) is 25.7 Å². The molecule has 1 aliphatic heterocycles. The number of sulfonamides is 1. The summed E-state index contributed by atoms with van der Waals surface area (Å²) in [7, 11) is -3.53. The van der Waals surface area contributed by atoms with E-state index in [4.69, 9.17) is 32.7 Å². The van der Waals surface area contributed by atoms with Gasteiger partial charge in [-0.25, -0.2) is 8.42 Å². The number of rotatable bonds is 7. The van der Waals surface area contributed by atoms with Gasteiger partial charge in [-0.1, -0.05) is 23.2 Å². The molecule has 0 bridgehead atoms. The fourth-order valence-electron chi connectivity index (χ4n) is 2.76. The molecule has 1 heterocycles. The number of carbonyl (C=O) groups is 1. The summed E-state index contributed by atoms with van der Waals surface area (Å²) in [5.41, 5.74) is 0.937. The predicted molar refractivity (Wildman–Crippen MR) is 109 cm³/mol. The molecule has 0 radical (unpaired) electrons. The molecule has 0 spiro atoms. The van der Waals surface area contributed by atoms with Gasteiger partial charge in [0, 0.05) is 34.8 Å². The van der Waals surface area contributed by atoms with Gasteiger partial charge < -0.3 is 14.8 Å². The SMILES string of the molecule is CS(=O)(=O)N(CCCC(=O)Nc1cc(Cl)cc(Cl)c1)c1ccc2c(c1)OCO2. The van der Waals surface area contributed by atoms with Crippen molar-refractivity contribution in [2.45, 2.75) is 12.8 Å². The Labute approximate surface area is 173 Å². The van der Waals surface area contributed by atoms with Gasteiger partial charge in [-0.2, -0.15) is 0 Å². The number of anilines is 2. The first-order valence-corrected chi connectivity index (χ1v) is 11.0. The third-order valence-corrected chi connectivity index (χ3v) is 5.59. The number of ether oxygens (including phenoxy) is 2. The van der Waals surface area contributed by atoms with Gasteiger partial charge >= 0.3 is 0 Å². The van der Waals surface area contributed by atoms with Crippen molar-refractivity contribution in [3.8, 4) is 11.5 Å². The molecule has 0 saturated heterocycles. The average Bonchev–Trinajstić information content (AvgIpc) is 3.04. The zero-order chi connectivity index (χ0) is 20.3. The molecular formula is C18H18Cl2N2O5S. The van der Waals surface area contributed by atoms with Crippen LogP contribution in [0.25, 0.3) is 0 Å². The summed E-state index contributed by atoms with van der Waals surface area (Å²) < 4.78 is 36.2. The molecule has 150 valence electrons. The summed E-state index contributed by atoms with van der Waals surface area (Å²) >= 11 is 11.8. The molecule has 1 amide bonds. The van der Waals surface area contributed by atoms with Gasteiger partial charge in [-0.15, -0.1) is 0 Å². The molecule has 28 heavy (non-hydrogen) atoms. The minimum absolute atomic E-state index is 0.103. The van der Waals surface area contributed by atoms with Crippen LogP contribution in [-0.2, 0) is 14.8 Å². The Hall–Kier alpha value is -2.16. The van der Waals surface area contributed by atoms with Crippen molar-refractivity contribution in [2.75, 3.05) is 29.2 Å². The smallest absolute Gasteiger partial charge is 0.232 e. The number of carbonyl (C=O) groups excluding carboxylic acids is 1. The minimum Gasteiger partial charge on any atom is -0.454 e. The van der Waals surface area contributed by atoms with E-state index in [0.29, 0.717) is 39.3 Å². The fraction of sp³-hybridized carbons (Fsp3) is 0.278. The topological polar surface area (TPSA) is 84.9 Å². The van der Waals surface area contributed by atoms with E-state index in [2.05, 4.69) is 5.32 Å². The molecule has 0 aliphatic carbocycles. The van der Waals surface area contributed by atoms with Crippen molar-refractivity contribution in [1.29, 1.82) is 0 Å². The number of fused-ring (bicyclic) bond motifs is 1. The van der Waals surface area contributed by atoms with E-state index < -0.39 is 10.0 Å². The standard InChI is InChI=1S/C18H18Cl2N2O5S/c1-28(24,25)22(15-4-5-16-17(10-15)27-11-26-16)6-2-3-18(23)21-14-8-12(19)7-13(20)9-14/h4-5,7-10H,2-3,6,11H2,1H3,(H,21,23). The zero-order valence-electron chi connectivity index (χ0n) is 14.9. The van der Waals surface area contributed by atoms with Crippen molar-refractivity contribution in [3.63, 3.8) is 0 Å². The van der Waals surface area contributed by atoms with Crippen LogP contribution in [-0.4, -0.2) is 33.9 Å². The van der Waals surface area contributed by atoms with E-state index in [0.717, 1.165) is 6.26 Å². The highest BCUT2D eigenvalue weighted by molar-refractivity contribution is 7.92. The van der Waals surface area contributed by atoms with Crippen molar-refractivity contribution >= 4 is 50.5 Å². The maximum absolute atomic E-state index is 12.2. The second kappa shape index (κ2) is 8.46. The van der Waals surface area contributed by atoms with Gasteiger partial charge in [0.15, 0.2) is 11.5 Å². The van der Waals surface area contributed by atoms with E-state index in [1.54, 1.807) is 36.4 Å². The monoisotopic (exact) mass is 444 g/mol. The van der Waals surface area contributed by atoms with Crippen LogP contribution in [0.5, 0.6) is 11.5 Å². The van der Waals surface area contributed by atoms with Gasteiger partial charge in [0.25, 0.3) is 0 Å². The summed E-state index contributed by atoms with van der Waals surface area (Å²) in [6.07, 6.45) is 1.56. The first kappa shape index (κ1) is 20.6. The molecule has 0 fully saturated rings. The van der Waals surface area contributed by atoms with Crippen molar-refractivity contribution < 1.29 is 22.7 Å². The Morgan fingerprint density at radius 2 is 1.79 bits per heavy atom. The van der Waals surface area contributed by atoms with Crippen LogP contribution in [0.2, 0.25) is 10.0 Å². The van der Waals surface area contributed by atoms with Crippen LogP contribution in [0.4, 0.5) is 11.4 Å². The van der Waals surface area contributed by atoms with Crippen molar-refractivity contribution in [3.05, 3.63) is 46.4 Å². The van der Waals surface area contributed by atoms with Gasteiger partial charge in [-0.05, 0) is 36.8 Å². The number of nitrogens with zero attached hydrogens (tertiary/aromatic N) is 1. The Morgan fingerprint density at radius 1 is 1.11 bits per heavy atom. The second-order valence-electron chi connectivity index (χ2n) is 6.18. The summed E-state index contributed by atoms with van der Waals surface area (Å²) in [6.45, 7) is 0.244. The molecule has 1 aliphatic rings. The molecule has 0 aromatic heterocycles. The van der Waals surface area contributed by atoms with E-state index >= 15 is 0 Å². The van der Waals surface area contributed by atoms with Crippen LogP contribution in [0, 0.1) is 0 Å². The first-order chi connectivity index (χ1) is 13.2. The van der Waals surface area contributed by atoms with Crippen molar-refractivity contribution in [2.24, 2.45) is 0 Å². The number of halogens is 2. The lowest BCUT2D eigenvalue weighted by Crippen LogP contribution is -2.31. The van der Waals surface area contributed by atoms with E-state index in [1.165, 1.54) is 4.31 Å². The van der Waals surface area contributed by atoms with Gasteiger partial charge in [0.2, 0.25) is 22.7 Å². The average molecular weight is 445 g/mol. The van der Waals surface area contributed by atoms with Crippen LogP contribution in [0.1, 0.15) is 12.8 Å². The maximum atomic E-state index is 12.2. The normalized spacial score (nSPS) is 12.7. The summed E-state index contributed by atoms with van der Waals surface area (Å²) in [5, 5.41) is 3.52. The van der Waals surface area contributed by atoms with Gasteiger partial charge in [-0.3, -0.25) is 9.10 Å². The molecular weight excluding hydrogens is 427 g/mol.